The smallest absolute Gasteiger partial charge is 0.251 e. The summed E-state index contributed by atoms with van der Waals surface area (Å²) in [6, 6.07) is 13.3. The molecule has 3 heterocycles. The van der Waals surface area contributed by atoms with Crippen LogP contribution in [0.15, 0.2) is 54.2 Å². The minimum absolute atomic E-state index is 0.141. The number of hydrogen-bond acceptors (Lipinski definition) is 6. The van der Waals surface area contributed by atoms with Gasteiger partial charge in [-0.15, -0.1) is 0 Å². The van der Waals surface area contributed by atoms with Crippen molar-refractivity contribution in [2.24, 2.45) is 5.92 Å². The normalized spacial score (nSPS) is 22.6. The molecule has 8 nitrogen and oxygen atoms in total. The van der Waals surface area contributed by atoms with Crippen LogP contribution < -0.4 is 10.2 Å². The average molecular weight is 528 g/mol. The SMILES string of the molecule is CC1=CC[C@H](C(=O)N2CCC(c3ccc(C#N)cc3)CC2)C[C@@H]1NC(=O)c1ccnc(N2CCC(O)CC2)c1. The summed E-state index contributed by atoms with van der Waals surface area (Å²) in [5.41, 5.74) is 3.54. The number of aliphatic hydroxyl groups is 1. The molecule has 2 saturated heterocycles. The highest BCUT2D eigenvalue weighted by molar-refractivity contribution is 5.95. The molecular formula is C31H37N5O3. The Labute approximate surface area is 230 Å². The molecule has 1 aliphatic carbocycles. The van der Waals surface area contributed by atoms with Crippen molar-refractivity contribution < 1.29 is 14.7 Å². The number of amides is 2. The molecule has 0 unspecified atom stereocenters. The number of aliphatic hydroxyl groups excluding tert-OH is 1. The number of aromatic nitrogens is 1. The van der Waals surface area contributed by atoms with Crippen LogP contribution in [0.4, 0.5) is 5.82 Å². The Hall–Kier alpha value is -3.70. The standard InChI is InChI=1S/C31H37N5O3/c1-21-2-5-26(31(39)36-14-9-24(10-15-36)23-6-3-22(20-32)4-7-23)18-28(21)34-30(38)25-8-13-33-29(19-25)35-16-11-27(37)12-17-35/h2-4,6-8,13,19,24,26-28,37H,5,9-12,14-18H2,1H3,(H,34,38)/t26-,28-/m0/s1. The molecular weight excluding hydrogens is 490 g/mol. The number of allylic oxidation sites excluding steroid dienone is 1. The van der Waals surface area contributed by atoms with Gasteiger partial charge in [-0.3, -0.25) is 9.59 Å². The van der Waals surface area contributed by atoms with Crippen molar-refractivity contribution in [3.8, 4) is 6.07 Å². The van der Waals surface area contributed by atoms with Gasteiger partial charge in [0, 0.05) is 43.9 Å². The second-order valence-electron chi connectivity index (χ2n) is 11.1. The predicted octanol–water partition coefficient (Wildman–Crippen LogP) is 3.78. The van der Waals surface area contributed by atoms with E-state index < -0.39 is 0 Å². The minimum Gasteiger partial charge on any atom is -0.393 e. The fourth-order valence-corrected chi connectivity index (χ4v) is 6.00. The molecule has 2 atom stereocenters. The zero-order chi connectivity index (χ0) is 27.4. The fraction of sp³-hybridized carbons (Fsp3) is 0.484. The van der Waals surface area contributed by atoms with E-state index >= 15 is 0 Å². The molecule has 2 aliphatic heterocycles. The van der Waals surface area contributed by atoms with Crippen molar-refractivity contribution >= 4 is 17.6 Å². The minimum atomic E-state index is -0.265. The lowest BCUT2D eigenvalue weighted by atomic mass is 9.84. The number of piperidine rings is 2. The van der Waals surface area contributed by atoms with E-state index in [0.717, 1.165) is 50.4 Å². The van der Waals surface area contributed by atoms with Crippen molar-refractivity contribution in [1.29, 1.82) is 5.26 Å². The second-order valence-corrected chi connectivity index (χ2v) is 11.1. The molecule has 204 valence electrons. The Bertz CT molecular complexity index is 1250. The lowest BCUT2D eigenvalue weighted by Gasteiger charge is -2.36. The van der Waals surface area contributed by atoms with Gasteiger partial charge in [0.2, 0.25) is 5.91 Å². The second kappa shape index (κ2) is 12.0. The highest BCUT2D eigenvalue weighted by atomic mass is 16.3. The molecule has 1 aromatic heterocycles. The summed E-state index contributed by atoms with van der Waals surface area (Å²) < 4.78 is 0. The van der Waals surface area contributed by atoms with Gasteiger partial charge in [0.25, 0.3) is 5.91 Å². The topological polar surface area (TPSA) is 110 Å². The molecule has 2 amide bonds. The summed E-state index contributed by atoms with van der Waals surface area (Å²) in [5.74, 6) is 1.03. The Morgan fingerprint density at radius 1 is 1.05 bits per heavy atom. The number of carbonyl (C=O) groups is 2. The zero-order valence-electron chi connectivity index (χ0n) is 22.6. The quantitative estimate of drug-likeness (QED) is 0.573. The number of nitriles is 1. The first-order chi connectivity index (χ1) is 18.9. The van der Waals surface area contributed by atoms with E-state index in [2.05, 4.69) is 27.3 Å². The molecule has 3 aliphatic rings. The molecule has 2 aromatic rings. The van der Waals surface area contributed by atoms with E-state index in [1.807, 2.05) is 42.2 Å². The molecule has 5 rings (SSSR count). The number of carbonyl (C=O) groups excluding carboxylic acids is 2. The average Bonchev–Trinajstić information content (AvgIpc) is 2.98. The van der Waals surface area contributed by atoms with Crippen molar-refractivity contribution in [2.75, 3.05) is 31.1 Å². The van der Waals surface area contributed by atoms with Crippen LogP contribution in [0.1, 0.15) is 72.9 Å². The van der Waals surface area contributed by atoms with Crippen molar-refractivity contribution in [3.05, 3.63) is 70.9 Å². The van der Waals surface area contributed by atoms with Gasteiger partial charge < -0.3 is 20.2 Å². The number of pyridine rings is 1. The molecule has 0 bridgehead atoms. The van der Waals surface area contributed by atoms with Crippen LogP contribution >= 0.6 is 0 Å². The fourth-order valence-electron chi connectivity index (χ4n) is 6.00. The third-order valence-electron chi connectivity index (χ3n) is 8.56. The van der Waals surface area contributed by atoms with Gasteiger partial charge in [0.1, 0.15) is 5.82 Å². The van der Waals surface area contributed by atoms with E-state index in [4.69, 9.17) is 5.26 Å². The lowest BCUT2D eigenvalue weighted by molar-refractivity contribution is -0.137. The van der Waals surface area contributed by atoms with E-state index in [-0.39, 0.29) is 29.9 Å². The molecule has 0 radical (unpaired) electrons. The van der Waals surface area contributed by atoms with Crippen LogP contribution in [0.25, 0.3) is 0 Å². The maximum absolute atomic E-state index is 13.4. The first-order valence-electron chi connectivity index (χ1n) is 14.1. The number of nitrogens with one attached hydrogen (secondary N) is 1. The Morgan fingerprint density at radius 2 is 1.77 bits per heavy atom. The molecule has 2 fully saturated rings. The van der Waals surface area contributed by atoms with Crippen molar-refractivity contribution in [2.45, 2.75) is 63.5 Å². The first kappa shape index (κ1) is 26.9. The van der Waals surface area contributed by atoms with E-state index in [9.17, 15) is 14.7 Å². The van der Waals surface area contributed by atoms with Crippen molar-refractivity contribution in [3.63, 3.8) is 0 Å². The third-order valence-corrected chi connectivity index (χ3v) is 8.56. The van der Waals surface area contributed by atoms with Crippen LogP contribution in [0.3, 0.4) is 0 Å². The third kappa shape index (κ3) is 6.31. The molecule has 0 saturated carbocycles. The van der Waals surface area contributed by atoms with Gasteiger partial charge in [-0.25, -0.2) is 4.98 Å². The van der Waals surface area contributed by atoms with E-state index in [1.54, 1.807) is 12.3 Å². The van der Waals surface area contributed by atoms with Crippen molar-refractivity contribution in [1.82, 2.24) is 15.2 Å². The van der Waals surface area contributed by atoms with Gasteiger partial charge in [-0.1, -0.05) is 23.8 Å². The van der Waals surface area contributed by atoms with Crippen LogP contribution in [-0.2, 0) is 4.79 Å². The summed E-state index contributed by atoms with van der Waals surface area (Å²) in [4.78, 5) is 35.2. The largest absolute Gasteiger partial charge is 0.393 e. The number of anilines is 1. The number of nitrogens with zero attached hydrogens (tertiary/aromatic N) is 4. The van der Waals surface area contributed by atoms with Gasteiger partial charge in [-0.05, 0) is 81.2 Å². The maximum Gasteiger partial charge on any atom is 0.251 e. The first-order valence-corrected chi connectivity index (χ1v) is 14.1. The summed E-state index contributed by atoms with van der Waals surface area (Å²) in [5, 5.41) is 22.0. The van der Waals surface area contributed by atoms with Gasteiger partial charge in [0.15, 0.2) is 0 Å². The van der Waals surface area contributed by atoms with Gasteiger partial charge >= 0.3 is 0 Å². The van der Waals surface area contributed by atoms with Crippen LogP contribution in [0.5, 0.6) is 0 Å². The highest BCUT2D eigenvalue weighted by Gasteiger charge is 2.33. The number of rotatable bonds is 5. The number of likely N-dealkylation sites (tertiary alicyclic amines) is 1. The lowest BCUT2D eigenvalue weighted by Crippen LogP contribution is -2.45. The summed E-state index contributed by atoms with van der Waals surface area (Å²) >= 11 is 0. The summed E-state index contributed by atoms with van der Waals surface area (Å²) in [7, 11) is 0. The Kier molecular flexibility index (Phi) is 8.27. The predicted molar refractivity (Wildman–Crippen MR) is 149 cm³/mol. The molecule has 8 heteroatoms. The molecule has 39 heavy (non-hydrogen) atoms. The monoisotopic (exact) mass is 527 g/mol. The molecule has 2 N–H and O–H groups in total. The highest BCUT2D eigenvalue weighted by Crippen LogP contribution is 2.31. The van der Waals surface area contributed by atoms with E-state index in [0.29, 0.717) is 42.7 Å². The maximum atomic E-state index is 13.4. The van der Waals surface area contributed by atoms with Crippen LogP contribution in [0, 0.1) is 17.2 Å². The Balaban J connectivity index is 1.16. The summed E-state index contributed by atoms with van der Waals surface area (Å²) in [6.45, 7) is 4.92. The van der Waals surface area contributed by atoms with Crippen LogP contribution in [-0.4, -0.2) is 65.1 Å². The Morgan fingerprint density at radius 3 is 2.46 bits per heavy atom. The number of benzene rings is 1. The number of hydrogen-bond donors (Lipinski definition) is 2. The molecule has 1 aromatic carbocycles. The summed E-state index contributed by atoms with van der Waals surface area (Å²) in [6.07, 6.45) is 8.03. The zero-order valence-corrected chi connectivity index (χ0v) is 22.6. The van der Waals surface area contributed by atoms with Gasteiger partial charge in [0.05, 0.1) is 23.8 Å². The van der Waals surface area contributed by atoms with Crippen LogP contribution in [0.2, 0.25) is 0 Å². The van der Waals surface area contributed by atoms with Gasteiger partial charge in [-0.2, -0.15) is 5.26 Å². The molecule has 0 spiro atoms. The van der Waals surface area contributed by atoms with E-state index in [1.165, 1.54) is 5.56 Å².